The number of aromatic carboxylic acids is 1. The molecule has 2 rings (SSSR count). The lowest BCUT2D eigenvalue weighted by atomic mass is 9.83. The van der Waals surface area contributed by atoms with Gasteiger partial charge in [0.25, 0.3) is 0 Å². The summed E-state index contributed by atoms with van der Waals surface area (Å²) in [5.41, 5.74) is -0.393. The van der Waals surface area contributed by atoms with Crippen molar-refractivity contribution in [3.8, 4) is 0 Å². The first-order valence-electron chi connectivity index (χ1n) is 6.20. The van der Waals surface area contributed by atoms with E-state index in [0.717, 1.165) is 12.5 Å². The van der Waals surface area contributed by atoms with E-state index in [4.69, 9.17) is 5.11 Å². The molecule has 1 aromatic rings. The summed E-state index contributed by atoms with van der Waals surface area (Å²) in [6.45, 7) is 0.571. The lowest BCUT2D eigenvalue weighted by Gasteiger charge is -2.25. The molecule has 0 saturated heterocycles. The zero-order valence-electron chi connectivity index (χ0n) is 10.3. The fourth-order valence-corrected chi connectivity index (χ4v) is 2.02. The SMILES string of the molecule is O=C(O)c1ccc([N+](=O)[O-])c(NCCC2CCC2)n1. The predicted octanol–water partition coefficient (Wildman–Crippen LogP) is 2.29. The summed E-state index contributed by atoms with van der Waals surface area (Å²) in [4.78, 5) is 24.9. The van der Waals surface area contributed by atoms with Crippen LogP contribution in [0.5, 0.6) is 0 Å². The summed E-state index contributed by atoms with van der Waals surface area (Å²) in [6.07, 6.45) is 4.58. The van der Waals surface area contributed by atoms with Gasteiger partial charge < -0.3 is 10.4 Å². The third kappa shape index (κ3) is 3.18. The fraction of sp³-hybridized carbons (Fsp3) is 0.500. The zero-order valence-corrected chi connectivity index (χ0v) is 10.3. The standard InChI is InChI=1S/C12H15N3O4/c16-12(17)9-4-5-10(15(18)19)11(14-9)13-7-6-8-2-1-3-8/h4-5,8H,1-3,6-7H2,(H,13,14)(H,16,17). The van der Waals surface area contributed by atoms with Gasteiger partial charge in [-0.3, -0.25) is 10.1 Å². The molecule has 0 spiro atoms. The van der Waals surface area contributed by atoms with E-state index >= 15 is 0 Å². The summed E-state index contributed by atoms with van der Waals surface area (Å²) >= 11 is 0. The Morgan fingerprint density at radius 3 is 2.79 bits per heavy atom. The summed E-state index contributed by atoms with van der Waals surface area (Å²) in [5.74, 6) is -0.490. The quantitative estimate of drug-likeness (QED) is 0.603. The fourth-order valence-electron chi connectivity index (χ4n) is 2.02. The van der Waals surface area contributed by atoms with Gasteiger partial charge in [0.15, 0.2) is 5.69 Å². The molecule has 0 atom stereocenters. The number of carbonyl (C=O) groups is 1. The molecule has 1 aliphatic carbocycles. The second-order valence-electron chi connectivity index (χ2n) is 4.64. The number of nitro groups is 1. The molecule has 7 nitrogen and oxygen atoms in total. The Bertz CT molecular complexity index is 500. The Balaban J connectivity index is 2.07. The third-order valence-corrected chi connectivity index (χ3v) is 3.36. The normalized spacial score (nSPS) is 14.7. The summed E-state index contributed by atoms with van der Waals surface area (Å²) in [6, 6.07) is 2.31. The number of hydrogen-bond acceptors (Lipinski definition) is 5. The molecule has 1 aromatic heterocycles. The molecule has 1 aliphatic rings. The number of nitrogens with one attached hydrogen (secondary N) is 1. The second kappa shape index (κ2) is 5.64. The smallest absolute Gasteiger partial charge is 0.354 e. The highest BCUT2D eigenvalue weighted by Gasteiger charge is 2.20. The van der Waals surface area contributed by atoms with Gasteiger partial charge >= 0.3 is 11.7 Å². The van der Waals surface area contributed by atoms with Crippen molar-refractivity contribution in [2.75, 3.05) is 11.9 Å². The Hall–Kier alpha value is -2.18. The third-order valence-electron chi connectivity index (χ3n) is 3.36. The molecular weight excluding hydrogens is 250 g/mol. The molecule has 7 heteroatoms. The second-order valence-corrected chi connectivity index (χ2v) is 4.64. The van der Waals surface area contributed by atoms with Gasteiger partial charge in [-0.2, -0.15) is 0 Å². The van der Waals surface area contributed by atoms with Gasteiger partial charge in [0.2, 0.25) is 5.82 Å². The Kier molecular flexibility index (Phi) is 3.94. The van der Waals surface area contributed by atoms with E-state index in [1.165, 1.54) is 25.3 Å². The Morgan fingerprint density at radius 2 is 2.26 bits per heavy atom. The van der Waals surface area contributed by atoms with Crippen LogP contribution < -0.4 is 5.32 Å². The molecule has 0 radical (unpaired) electrons. The highest BCUT2D eigenvalue weighted by atomic mass is 16.6. The van der Waals surface area contributed by atoms with Crippen LogP contribution in [0.25, 0.3) is 0 Å². The van der Waals surface area contributed by atoms with E-state index in [2.05, 4.69) is 10.3 Å². The first kappa shape index (κ1) is 13.3. The molecule has 0 aromatic carbocycles. The van der Waals surface area contributed by atoms with Crippen LogP contribution in [0.2, 0.25) is 0 Å². The summed E-state index contributed by atoms with van der Waals surface area (Å²) < 4.78 is 0. The average Bonchev–Trinajstić information content (AvgIpc) is 2.31. The maximum absolute atomic E-state index is 10.8. The van der Waals surface area contributed by atoms with E-state index in [-0.39, 0.29) is 17.2 Å². The largest absolute Gasteiger partial charge is 0.477 e. The van der Waals surface area contributed by atoms with E-state index < -0.39 is 10.9 Å². The van der Waals surface area contributed by atoms with Crippen LogP contribution >= 0.6 is 0 Å². The summed E-state index contributed by atoms with van der Waals surface area (Å²) in [5, 5.41) is 22.6. The molecule has 1 saturated carbocycles. The molecule has 0 amide bonds. The molecule has 19 heavy (non-hydrogen) atoms. The van der Waals surface area contributed by atoms with Crippen molar-refractivity contribution in [2.45, 2.75) is 25.7 Å². The number of nitrogens with zero attached hydrogens (tertiary/aromatic N) is 2. The maximum Gasteiger partial charge on any atom is 0.354 e. The Morgan fingerprint density at radius 1 is 1.53 bits per heavy atom. The van der Waals surface area contributed by atoms with Crippen molar-refractivity contribution in [1.29, 1.82) is 0 Å². The number of rotatable bonds is 6. The first-order chi connectivity index (χ1) is 9.08. The van der Waals surface area contributed by atoms with Gasteiger partial charge in [-0.1, -0.05) is 19.3 Å². The lowest BCUT2D eigenvalue weighted by molar-refractivity contribution is -0.384. The Labute approximate surface area is 109 Å². The van der Waals surface area contributed by atoms with Crippen LogP contribution in [-0.4, -0.2) is 27.5 Å². The van der Waals surface area contributed by atoms with Gasteiger partial charge in [-0.15, -0.1) is 0 Å². The van der Waals surface area contributed by atoms with Crippen LogP contribution in [-0.2, 0) is 0 Å². The highest BCUT2D eigenvalue weighted by molar-refractivity contribution is 5.86. The molecule has 1 heterocycles. The summed E-state index contributed by atoms with van der Waals surface area (Å²) in [7, 11) is 0. The number of pyridine rings is 1. The van der Waals surface area contributed by atoms with Gasteiger partial charge in [0, 0.05) is 12.6 Å². The van der Waals surface area contributed by atoms with Crippen molar-refractivity contribution in [3.05, 3.63) is 27.9 Å². The van der Waals surface area contributed by atoms with Crippen LogP contribution in [0.1, 0.15) is 36.2 Å². The van der Waals surface area contributed by atoms with Crippen molar-refractivity contribution >= 4 is 17.5 Å². The molecule has 1 fully saturated rings. The maximum atomic E-state index is 10.8. The minimum absolute atomic E-state index is 0.0317. The molecule has 2 N–H and O–H groups in total. The molecule has 0 bridgehead atoms. The lowest BCUT2D eigenvalue weighted by Crippen LogP contribution is -2.17. The topological polar surface area (TPSA) is 105 Å². The van der Waals surface area contributed by atoms with Gasteiger partial charge in [-0.25, -0.2) is 9.78 Å². The van der Waals surface area contributed by atoms with E-state index in [1.807, 2.05) is 0 Å². The number of carboxylic acid groups (broad SMARTS) is 1. The molecule has 102 valence electrons. The first-order valence-corrected chi connectivity index (χ1v) is 6.20. The van der Waals surface area contributed by atoms with Gasteiger partial charge in [-0.05, 0) is 18.4 Å². The molecule has 0 unspecified atom stereocenters. The highest BCUT2D eigenvalue weighted by Crippen LogP contribution is 2.29. The van der Waals surface area contributed by atoms with E-state index in [9.17, 15) is 14.9 Å². The minimum atomic E-state index is -1.20. The molecular formula is C12H15N3O4. The van der Waals surface area contributed by atoms with Crippen LogP contribution in [0.3, 0.4) is 0 Å². The van der Waals surface area contributed by atoms with Crippen LogP contribution in [0, 0.1) is 16.0 Å². The monoisotopic (exact) mass is 265 g/mol. The van der Waals surface area contributed by atoms with Crippen molar-refractivity contribution in [2.24, 2.45) is 5.92 Å². The molecule has 0 aliphatic heterocycles. The average molecular weight is 265 g/mol. The predicted molar refractivity (Wildman–Crippen MR) is 68.3 cm³/mol. The minimum Gasteiger partial charge on any atom is -0.477 e. The van der Waals surface area contributed by atoms with Crippen LogP contribution in [0.4, 0.5) is 11.5 Å². The number of anilines is 1. The van der Waals surface area contributed by atoms with Crippen LogP contribution in [0.15, 0.2) is 12.1 Å². The number of carboxylic acids is 1. The van der Waals surface area contributed by atoms with Crippen molar-refractivity contribution in [3.63, 3.8) is 0 Å². The van der Waals surface area contributed by atoms with E-state index in [0.29, 0.717) is 12.5 Å². The van der Waals surface area contributed by atoms with Gasteiger partial charge in [0.05, 0.1) is 4.92 Å². The zero-order chi connectivity index (χ0) is 13.8. The number of aromatic nitrogens is 1. The number of hydrogen-bond donors (Lipinski definition) is 2. The van der Waals surface area contributed by atoms with E-state index in [1.54, 1.807) is 0 Å². The van der Waals surface area contributed by atoms with Crippen molar-refractivity contribution in [1.82, 2.24) is 4.98 Å². The van der Waals surface area contributed by atoms with Crippen molar-refractivity contribution < 1.29 is 14.8 Å². The van der Waals surface area contributed by atoms with Gasteiger partial charge in [0.1, 0.15) is 0 Å².